The Balaban J connectivity index is 1.82. The van der Waals surface area contributed by atoms with Gasteiger partial charge in [0.1, 0.15) is 0 Å². The number of carbonyl (C=O) groups is 1. The average Bonchev–Trinajstić information content (AvgIpc) is 3.02. The fourth-order valence-electron chi connectivity index (χ4n) is 4.49. The molecular formula is C23H24BrN3O3. The van der Waals surface area contributed by atoms with Gasteiger partial charge < -0.3 is 15.5 Å². The number of hydrogen-bond donors (Lipinski definition) is 4. The summed E-state index contributed by atoms with van der Waals surface area (Å²) in [6, 6.07) is 13.3. The van der Waals surface area contributed by atoms with Crippen LogP contribution in [0.2, 0.25) is 0 Å². The molecule has 0 fully saturated rings. The maximum absolute atomic E-state index is 13.5. The third-order valence-corrected chi connectivity index (χ3v) is 6.43. The minimum atomic E-state index is -1.35. The predicted molar refractivity (Wildman–Crippen MR) is 120 cm³/mol. The maximum Gasteiger partial charge on any atom is 0.267 e. The lowest BCUT2D eigenvalue weighted by Gasteiger charge is -2.41. The molecule has 156 valence electrons. The number of H-pyrrole nitrogens is 2. The van der Waals surface area contributed by atoms with E-state index >= 15 is 0 Å². The van der Waals surface area contributed by atoms with Crippen molar-refractivity contribution in [3.63, 3.8) is 0 Å². The van der Waals surface area contributed by atoms with Crippen LogP contribution in [0.15, 0.2) is 51.7 Å². The lowest BCUT2D eigenvalue weighted by atomic mass is 9.66. The molecule has 2 aromatic carbocycles. The number of anilines is 1. The van der Waals surface area contributed by atoms with Crippen LogP contribution in [-0.4, -0.2) is 26.8 Å². The van der Waals surface area contributed by atoms with Gasteiger partial charge in [-0.15, -0.1) is 0 Å². The van der Waals surface area contributed by atoms with E-state index in [0.717, 1.165) is 21.2 Å². The number of rotatable bonds is 3. The van der Waals surface area contributed by atoms with Crippen molar-refractivity contribution in [3.8, 4) is 0 Å². The second-order valence-electron chi connectivity index (χ2n) is 8.32. The van der Waals surface area contributed by atoms with Crippen LogP contribution >= 0.6 is 15.9 Å². The van der Waals surface area contributed by atoms with E-state index in [1.165, 1.54) is 0 Å². The quantitative estimate of drug-likeness (QED) is 0.469. The molecule has 0 radical (unpaired) electrons. The van der Waals surface area contributed by atoms with E-state index in [9.17, 15) is 14.7 Å². The SMILES string of the molecule is Cc1ccc(NC(=O)C2C(c3ccc(Br)cc3)c3c([nH][nH]c3=O)CC2(C)O)c(C)c1. The summed E-state index contributed by atoms with van der Waals surface area (Å²) in [7, 11) is 0. The second-order valence-corrected chi connectivity index (χ2v) is 9.24. The zero-order valence-corrected chi connectivity index (χ0v) is 18.6. The number of aliphatic hydroxyl groups is 1. The van der Waals surface area contributed by atoms with E-state index in [-0.39, 0.29) is 17.9 Å². The highest BCUT2D eigenvalue weighted by Gasteiger charge is 2.50. The Morgan fingerprint density at radius 1 is 1.17 bits per heavy atom. The summed E-state index contributed by atoms with van der Waals surface area (Å²) in [6.45, 7) is 5.58. The molecule has 4 rings (SSSR count). The van der Waals surface area contributed by atoms with Gasteiger partial charge in [0.15, 0.2) is 0 Å². The van der Waals surface area contributed by atoms with Crippen LogP contribution in [0.1, 0.15) is 40.8 Å². The van der Waals surface area contributed by atoms with Gasteiger partial charge in [-0.05, 0) is 50.1 Å². The average molecular weight is 470 g/mol. The van der Waals surface area contributed by atoms with Crippen LogP contribution in [-0.2, 0) is 11.2 Å². The molecule has 0 spiro atoms. The van der Waals surface area contributed by atoms with E-state index in [1.807, 2.05) is 56.3 Å². The standard InChI is InChI=1S/C23H24BrN3O3/c1-12-4-9-16(13(2)10-12)25-22(29)20-18(14-5-7-15(24)8-6-14)19-17(11-23(20,3)30)26-27-21(19)28/h4-10,18,20,30H,11H2,1-3H3,(H,25,29)(H2,26,27,28). The minimum absolute atomic E-state index is 0.180. The molecule has 4 N–H and O–H groups in total. The summed E-state index contributed by atoms with van der Waals surface area (Å²) in [5.41, 5.74) is 3.06. The zero-order valence-electron chi connectivity index (χ0n) is 17.0. The molecule has 30 heavy (non-hydrogen) atoms. The van der Waals surface area contributed by atoms with E-state index in [4.69, 9.17) is 0 Å². The molecule has 1 aromatic heterocycles. The van der Waals surface area contributed by atoms with Crippen molar-refractivity contribution in [3.05, 3.63) is 85.2 Å². The molecule has 6 nitrogen and oxygen atoms in total. The van der Waals surface area contributed by atoms with Crippen LogP contribution in [0.5, 0.6) is 0 Å². The first kappa shape index (κ1) is 20.6. The number of hydrogen-bond acceptors (Lipinski definition) is 3. The predicted octanol–water partition coefficient (Wildman–Crippen LogP) is 3.78. The summed E-state index contributed by atoms with van der Waals surface area (Å²) < 4.78 is 0.897. The largest absolute Gasteiger partial charge is 0.389 e. The number of fused-ring (bicyclic) bond motifs is 1. The Morgan fingerprint density at radius 3 is 2.53 bits per heavy atom. The third kappa shape index (κ3) is 3.63. The molecule has 0 saturated carbocycles. The maximum atomic E-state index is 13.5. The molecule has 3 atom stereocenters. The first-order chi connectivity index (χ1) is 14.2. The Labute approximate surface area is 182 Å². The highest BCUT2D eigenvalue weighted by atomic mass is 79.9. The van der Waals surface area contributed by atoms with E-state index in [1.54, 1.807) is 6.92 Å². The Kier molecular flexibility index (Phi) is 5.20. The van der Waals surface area contributed by atoms with Crippen molar-refractivity contribution in [2.24, 2.45) is 5.92 Å². The van der Waals surface area contributed by atoms with Crippen molar-refractivity contribution in [2.75, 3.05) is 5.32 Å². The first-order valence-electron chi connectivity index (χ1n) is 9.83. The summed E-state index contributed by atoms with van der Waals surface area (Å²) in [5.74, 6) is -1.74. The first-order valence-corrected chi connectivity index (χ1v) is 10.6. The fourth-order valence-corrected chi connectivity index (χ4v) is 4.76. The zero-order chi connectivity index (χ0) is 21.6. The van der Waals surface area contributed by atoms with Crippen molar-refractivity contribution >= 4 is 27.5 Å². The topological polar surface area (TPSA) is 98.0 Å². The van der Waals surface area contributed by atoms with Gasteiger partial charge in [0.25, 0.3) is 5.56 Å². The van der Waals surface area contributed by atoms with E-state index < -0.39 is 17.4 Å². The Hall–Kier alpha value is -2.64. The van der Waals surface area contributed by atoms with Crippen molar-refractivity contribution in [1.29, 1.82) is 0 Å². The van der Waals surface area contributed by atoms with Gasteiger partial charge in [0, 0.05) is 33.8 Å². The number of nitrogens with one attached hydrogen (secondary N) is 3. The number of carbonyl (C=O) groups excluding carboxylic acids is 1. The number of amides is 1. The summed E-state index contributed by atoms with van der Waals surface area (Å²) >= 11 is 3.43. The van der Waals surface area contributed by atoms with Crippen LogP contribution in [0.4, 0.5) is 5.69 Å². The van der Waals surface area contributed by atoms with Gasteiger partial charge in [-0.3, -0.25) is 14.7 Å². The molecule has 0 bridgehead atoms. The summed E-state index contributed by atoms with van der Waals surface area (Å²) in [4.78, 5) is 26.1. The lowest BCUT2D eigenvalue weighted by Crippen LogP contribution is -2.51. The summed E-state index contributed by atoms with van der Waals surface area (Å²) in [5, 5.41) is 19.8. The molecule has 0 aliphatic heterocycles. The lowest BCUT2D eigenvalue weighted by molar-refractivity contribution is -0.130. The molecule has 1 heterocycles. The van der Waals surface area contributed by atoms with Crippen LogP contribution in [0.25, 0.3) is 0 Å². The number of benzene rings is 2. The highest BCUT2D eigenvalue weighted by Crippen LogP contribution is 2.44. The van der Waals surface area contributed by atoms with Gasteiger partial charge in [-0.25, -0.2) is 0 Å². The van der Waals surface area contributed by atoms with Gasteiger partial charge in [0.2, 0.25) is 5.91 Å². The number of aromatic amines is 2. The molecule has 0 saturated heterocycles. The highest BCUT2D eigenvalue weighted by molar-refractivity contribution is 9.10. The molecule has 3 aromatic rings. The van der Waals surface area contributed by atoms with Gasteiger partial charge in [0.05, 0.1) is 11.5 Å². The minimum Gasteiger partial charge on any atom is -0.389 e. The molecule has 1 aliphatic rings. The molecule has 7 heteroatoms. The number of aryl methyl sites for hydroxylation is 2. The van der Waals surface area contributed by atoms with Crippen LogP contribution in [0, 0.1) is 19.8 Å². The van der Waals surface area contributed by atoms with Gasteiger partial charge >= 0.3 is 0 Å². The van der Waals surface area contributed by atoms with Crippen LogP contribution < -0.4 is 10.9 Å². The van der Waals surface area contributed by atoms with Crippen LogP contribution in [0.3, 0.4) is 0 Å². The molecular weight excluding hydrogens is 446 g/mol. The monoisotopic (exact) mass is 469 g/mol. The second kappa shape index (κ2) is 7.56. The van der Waals surface area contributed by atoms with E-state index in [0.29, 0.717) is 16.9 Å². The molecule has 3 unspecified atom stereocenters. The van der Waals surface area contributed by atoms with Crippen molar-refractivity contribution in [2.45, 2.75) is 38.7 Å². The van der Waals surface area contributed by atoms with Gasteiger partial charge in [-0.2, -0.15) is 0 Å². The Bertz CT molecular complexity index is 1160. The Morgan fingerprint density at radius 2 is 1.87 bits per heavy atom. The third-order valence-electron chi connectivity index (χ3n) is 5.90. The fraction of sp³-hybridized carbons (Fsp3) is 0.304. The van der Waals surface area contributed by atoms with Gasteiger partial charge in [-0.1, -0.05) is 45.8 Å². The van der Waals surface area contributed by atoms with E-state index in [2.05, 4.69) is 31.4 Å². The number of halogens is 1. The molecule has 1 amide bonds. The summed E-state index contributed by atoms with van der Waals surface area (Å²) in [6.07, 6.45) is 0.180. The number of aromatic nitrogens is 2. The normalized spacial score (nSPS) is 23.1. The molecule has 1 aliphatic carbocycles. The van der Waals surface area contributed by atoms with Crippen molar-refractivity contribution < 1.29 is 9.90 Å². The van der Waals surface area contributed by atoms with Crippen molar-refractivity contribution in [1.82, 2.24) is 10.2 Å². The smallest absolute Gasteiger partial charge is 0.267 e.